The van der Waals surface area contributed by atoms with E-state index in [1.165, 1.54) is 18.9 Å². The van der Waals surface area contributed by atoms with E-state index >= 15 is 0 Å². The summed E-state index contributed by atoms with van der Waals surface area (Å²) in [5.41, 5.74) is -0.743. The number of β-lactam (4-membered cyclic amide) rings is 1. The molecule has 2 aliphatic heterocycles. The first-order chi connectivity index (χ1) is 12.9. The SMILES string of the molecule is CO[C@@]1(NC(=O)Cc2ccccc2)C(=O)N2C(C(=O)[O-])=C(CSC)CO[C@@H]21.[Na+]. The van der Waals surface area contributed by atoms with E-state index in [9.17, 15) is 19.5 Å². The van der Waals surface area contributed by atoms with Crippen LogP contribution in [0.4, 0.5) is 0 Å². The molecule has 1 fully saturated rings. The second kappa shape index (κ2) is 9.43. The van der Waals surface area contributed by atoms with Gasteiger partial charge in [0, 0.05) is 12.9 Å². The predicted molar refractivity (Wildman–Crippen MR) is 95.0 cm³/mol. The number of hydrogen-bond acceptors (Lipinski definition) is 7. The van der Waals surface area contributed by atoms with E-state index in [1.807, 2.05) is 12.3 Å². The molecule has 0 bridgehead atoms. The Kier molecular flexibility index (Phi) is 7.72. The van der Waals surface area contributed by atoms with Crippen LogP contribution < -0.4 is 40.0 Å². The van der Waals surface area contributed by atoms with Crippen LogP contribution in [0, 0.1) is 0 Å². The third kappa shape index (κ3) is 4.00. The number of aliphatic carboxylic acids is 1. The molecule has 0 radical (unpaired) electrons. The summed E-state index contributed by atoms with van der Waals surface area (Å²) >= 11 is 1.41. The number of methoxy groups -OCH3 is 1. The third-order valence-electron chi connectivity index (χ3n) is 4.48. The van der Waals surface area contributed by atoms with E-state index in [2.05, 4.69) is 5.32 Å². The summed E-state index contributed by atoms with van der Waals surface area (Å²) in [5, 5.41) is 14.1. The Morgan fingerprint density at radius 3 is 2.64 bits per heavy atom. The zero-order valence-corrected chi connectivity index (χ0v) is 18.7. The number of carboxylic acids is 1. The van der Waals surface area contributed by atoms with Crippen LogP contribution in [0.15, 0.2) is 41.6 Å². The maximum Gasteiger partial charge on any atom is 1.00 e. The fourth-order valence-electron chi connectivity index (χ4n) is 3.25. The zero-order chi connectivity index (χ0) is 19.6. The first kappa shape index (κ1) is 22.9. The number of benzene rings is 1. The van der Waals surface area contributed by atoms with Crippen LogP contribution in [0.2, 0.25) is 0 Å². The molecule has 10 heteroatoms. The van der Waals surface area contributed by atoms with Crippen LogP contribution in [0.25, 0.3) is 0 Å². The maximum absolute atomic E-state index is 12.8. The molecule has 0 aromatic heterocycles. The van der Waals surface area contributed by atoms with Crippen molar-refractivity contribution in [3.8, 4) is 0 Å². The summed E-state index contributed by atoms with van der Waals surface area (Å²) in [7, 11) is 1.27. The third-order valence-corrected chi connectivity index (χ3v) is 5.11. The van der Waals surface area contributed by atoms with Gasteiger partial charge in [0.15, 0.2) is 6.23 Å². The molecule has 0 unspecified atom stereocenters. The van der Waals surface area contributed by atoms with Crippen LogP contribution in [0.5, 0.6) is 0 Å². The van der Waals surface area contributed by atoms with Crippen molar-refractivity contribution in [3.05, 3.63) is 47.2 Å². The minimum atomic E-state index is -1.75. The Morgan fingerprint density at radius 2 is 2.07 bits per heavy atom. The van der Waals surface area contributed by atoms with Gasteiger partial charge in [-0.3, -0.25) is 14.5 Å². The van der Waals surface area contributed by atoms with Crippen molar-refractivity contribution in [1.82, 2.24) is 10.2 Å². The van der Waals surface area contributed by atoms with Gasteiger partial charge in [-0.2, -0.15) is 11.8 Å². The van der Waals surface area contributed by atoms with E-state index in [1.54, 1.807) is 24.3 Å². The average Bonchev–Trinajstić information content (AvgIpc) is 2.66. The Balaban J connectivity index is 0.00000280. The molecule has 2 amide bonds. The van der Waals surface area contributed by atoms with Gasteiger partial charge in [-0.15, -0.1) is 0 Å². The normalized spacial score (nSPS) is 23.4. The minimum absolute atomic E-state index is 0. The molecule has 1 aromatic carbocycles. The summed E-state index contributed by atoms with van der Waals surface area (Å²) in [6.45, 7) is 0.0122. The molecule has 28 heavy (non-hydrogen) atoms. The molecule has 2 heterocycles. The molecule has 1 saturated heterocycles. The van der Waals surface area contributed by atoms with Crippen molar-refractivity contribution in [2.75, 3.05) is 25.7 Å². The minimum Gasteiger partial charge on any atom is -0.543 e. The number of carbonyl (C=O) groups is 3. The largest absolute Gasteiger partial charge is 1.00 e. The van der Waals surface area contributed by atoms with Crippen molar-refractivity contribution in [1.29, 1.82) is 0 Å². The van der Waals surface area contributed by atoms with Crippen molar-refractivity contribution in [3.63, 3.8) is 0 Å². The standard InChI is InChI=1S/C18H20N2O6S.Na/c1-25-18(19-13(21)8-11-6-4-3-5-7-11)16(24)20-14(15(22)23)12(10-27-2)9-26-17(18)20;/h3-7,17H,8-10H2,1-2H3,(H,19,21)(H,22,23);/q;+1/p-1/t17-,18+;/m1./s1. The van der Waals surface area contributed by atoms with Gasteiger partial charge < -0.3 is 24.7 Å². The number of thioether (sulfide) groups is 1. The smallest absolute Gasteiger partial charge is 0.543 e. The van der Waals surface area contributed by atoms with Crippen molar-refractivity contribution in [2.45, 2.75) is 18.4 Å². The molecular formula is C18H19N2NaO6S. The summed E-state index contributed by atoms with van der Waals surface area (Å²) in [4.78, 5) is 37.8. The molecule has 8 nitrogen and oxygen atoms in total. The number of nitrogens with zero attached hydrogens (tertiary/aromatic N) is 1. The van der Waals surface area contributed by atoms with Crippen LogP contribution in [-0.4, -0.2) is 60.4 Å². The van der Waals surface area contributed by atoms with Gasteiger partial charge in [-0.25, -0.2) is 0 Å². The molecule has 0 saturated carbocycles. The van der Waals surface area contributed by atoms with Crippen molar-refractivity contribution < 1.29 is 58.5 Å². The first-order valence-electron chi connectivity index (χ1n) is 8.22. The van der Waals surface area contributed by atoms with Gasteiger partial charge in [0.25, 0.3) is 11.6 Å². The summed E-state index contributed by atoms with van der Waals surface area (Å²) in [6.07, 6.45) is 0.799. The van der Waals surface area contributed by atoms with Gasteiger partial charge in [-0.1, -0.05) is 30.3 Å². The first-order valence-corrected chi connectivity index (χ1v) is 9.61. The van der Waals surface area contributed by atoms with Crippen LogP contribution in [0.1, 0.15) is 5.56 Å². The number of amides is 2. The van der Waals surface area contributed by atoms with E-state index in [0.717, 1.165) is 10.5 Å². The van der Waals surface area contributed by atoms with Crippen molar-refractivity contribution >= 4 is 29.5 Å². The summed E-state index contributed by atoms with van der Waals surface area (Å²) in [5.74, 6) is -2.20. The van der Waals surface area contributed by atoms with E-state index in [4.69, 9.17) is 9.47 Å². The number of carbonyl (C=O) groups excluding carboxylic acids is 3. The van der Waals surface area contributed by atoms with Crippen LogP contribution in [-0.2, 0) is 30.3 Å². The monoisotopic (exact) mass is 414 g/mol. The van der Waals surface area contributed by atoms with Gasteiger partial charge in [0.05, 0.1) is 24.7 Å². The molecule has 0 aliphatic carbocycles. The van der Waals surface area contributed by atoms with Gasteiger partial charge >= 0.3 is 29.6 Å². The number of ether oxygens (including phenoxy) is 2. The van der Waals surface area contributed by atoms with Crippen LogP contribution in [0.3, 0.4) is 0 Å². The molecule has 0 spiro atoms. The molecule has 1 aromatic rings. The molecule has 3 rings (SSSR count). The molecule has 2 atom stereocenters. The Labute approximate surface area is 188 Å². The topological polar surface area (TPSA) is 108 Å². The Hall–Kier alpha value is -1.36. The number of hydrogen-bond donors (Lipinski definition) is 1. The van der Waals surface area contributed by atoms with Gasteiger partial charge in [-0.05, 0) is 17.4 Å². The second-order valence-electron chi connectivity index (χ2n) is 6.16. The maximum atomic E-state index is 12.8. The van der Waals surface area contributed by atoms with E-state index in [-0.39, 0.29) is 48.3 Å². The van der Waals surface area contributed by atoms with Crippen molar-refractivity contribution in [2.24, 2.45) is 0 Å². The molecular weight excluding hydrogens is 395 g/mol. The fraction of sp³-hybridized carbons (Fsp3) is 0.389. The second-order valence-corrected chi connectivity index (χ2v) is 7.03. The molecule has 1 N–H and O–H groups in total. The Bertz CT molecular complexity index is 803. The molecule has 144 valence electrons. The quantitative estimate of drug-likeness (QED) is 0.278. The Morgan fingerprint density at radius 1 is 1.39 bits per heavy atom. The van der Waals surface area contributed by atoms with Gasteiger partial charge in [0.1, 0.15) is 0 Å². The zero-order valence-electron chi connectivity index (χ0n) is 15.9. The molecule has 2 aliphatic rings. The number of nitrogens with one attached hydrogen (secondary N) is 1. The van der Waals surface area contributed by atoms with Gasteiger partial charge in [0.2, 0.25) is 5.91 Å². The van der Waals surface area contributed by atoms with E-state index in [0.29, 0.717) is 11.3 Å². The summed E-state index contributed by atoms with van der Waals surface area (Å²) < 4.78 is 11.0. The van der Waals surface area contributed by atoms with E-state index < -0.39 is 29.7 Å². The predicted octanol–water partition coefficient (Wildman–Crippen LogP) is -3.74. The number of rotatable bonds is 7. The fourth-order valence-corrected chi connectivity index (χ4v) is 3.82. The number of fused-ring (bicyclic) bond motifs is 1. The average molecular weight is 414 g/mol. The van der Waals surface area contributed by atoms with Crippen LogP contribution >= 0.6 is 11.8 Å². The summed E-state index contributed by atoms with van der Waals surface area (Å²) in [6, 6.07) is 9.02. The number of carboxylic acid groups (broad SMARTS) is 1.